The molecule has 19 heavy (non-hydrogen) atoms. The molecule has 1 fully saturated rings. The molecule has 1 heteroatoms. The van der Waals surface area contributed by atoms with Gasteiger partial charge in [-0.05, 0) is 49.3 Å². The number of aryl methyl sites for hydroxylation is 1. The third-order valence-corrected chi connectivity index (χ3v) is 7.21. The Labute approximate surface area is 119 Å². The highest BCUT2D eigenvalue weighted by atomic mass is 32.2. The van der Waals surface area contributed by atoms with Crippen LogP contribution in [0.2, 0.25) is 0 Å². The highest BCUT2D eigenvalue weighted by Crippen LogP contribution is 2.36. The van der Waals surface area contributed by atoms with Crippen molar-refractivity contribution in [3.8, 4) is 0 Å². The van der Waals surface area contributed by atoms with E-state index in [0.29, 0.717) is 10.9 Å². The number of hydrogen-bond acceptors (Lipinski definition) is 0. The van der Waals surface area contributed by atoms with Crippen LogP contribution in [0.3, 0.4) is 0 Å². The quantitative estimate of drug-likeness (QED) is 0.682. The summed E-state index contributed by atoms with van der Waals surface area (Å²) in [4.78, 5) is 1.64. The van der Waals surface area contributed by atoms with Gasteiger partial charge >= 0.3 is 0 Å². The first-order valence-corrected chi connectivity index (χ1v) is 8.95. The van der Waals surface area contributed by atoms with Crippen molar-refractivity contribution in [1.82, 2.24) is 0 Å². The van der Waals surface area contributed by atoms with Crippen LogP contribution in [0.4, 0.5) is 0 Å². The van der Waals surface area contributed by atoms with Gasteiger partial charge in [0.1, 0.15) is 11.0 Å². The predicted molar refractivity (Wildman–Crippen MR) is 87.1 cm³/mol. The standard InChI is InChI=1S/C18H23S/c1-3-7-15-8-6-13-19(15)18-12-11-14(2)16-9-4-5-10-17(16)18/h4-5,9-12,15H,3,6-8,13H2,1-2H3/q+1. The summed E-state index contributed by atoms with van der Waals surface area (Å²) in [5.74, 6) is 1.41. The van der Waals surface area contributed by atoms with Crippen molar-refractivity contribution in [2.45, 2.75) is 49.7 Å². The number of benzene rings is 2. The van der Waals surface area contributed by atoms with Gasteiger partial charge in [-0.3, -0.25) is 0 Å². The van der Waals surface area contributed by atoms with Crippen LogP contribution in [0, 0.1) is 6.92 Å². The van der Waals surface area contributed by atoms with Crippen LogP contribution in [-0.4, -0.2) is 11.0 Å². The maximum atomic E-state index is 2.41. The third-order valence-electron chi connectivity index (χ3n) is 4.29. The first-order valence-electron chi connectivity index (χ1n) is 7.49. The van der Waals surface area contributed by atoms with E-state index in [1.54, 1.807) is 4.90 Å². The SMILES string of the molecule is CCCC1CCC[S+]1c1ccc(C)c2ccccc12. The van der Waals surface area contributed by atoms with Crippen LogP contribution in [-0.2, 0) is 10.9 Å². The molecule has 1 saturated heterocycles. The topological polar surface area (TPSA) is 0 Å². The van der Waals surface area contributed by atoms with Gasteiger partial charge in [-0.2, -0.15) is 0 Å². The van der Waals surface area contributed by atoms with Crippen molar-refractivity contribution >= 4 is 21.7 Å². The summed E-state index contributed by atoms with van der Waals surface area (Å²) in [5.41, 5.74) is 1.41. The van der Waals surface area contributed by atoms with Crippen molar-refractivity contribution in [2.75, 3.05) is 5.75 Å². The van der Waals surface area contributed by atoms with Gasteiger partial charge in [0.2, 0.25) is 0 Å². The molecule has 1 aliphatic rings. The second-order valence-electron chi connectivity index (χ2n) is 5.61. The molecule has 2 aromatic carbocycles. The maximum absolute atomic E-state index is 2.41. The molecule has 100 valence electrons. The summed E-state index contributed by atoms with van der Waals surface area (Å²) >= 11 is 0. The first-order chi connectivity index (χ1) is 9.31. The molecule has 0 radical (unpaired) electrons. The fraction of sp³-hybridized carbons (Fsp3) is 0.444. The minimum atomic E-state index is 0.489. The Morgan fingerprint density at radius 3 is 2.68 bits per heavy atom. The molecular formula is C18H23S+. The number of rotatable bonds is 3. The fourth-order valence-corrected chi connectivity index (χ4v) is 6.39. The van der Waals surface area contributed by atoms with Gasteiger partial charge in [0.05, 0.1) is 0 Å². The largest absolute Gasteiger partial charge is 0.162 e. The lowest BCUT2D eigenvalue weighted by Crippen LogP contribution is -2.17. The molecule has 0 aromatic heterocycles. The predicted octanol–water partition coefficient (Wildman–Crippen LogP) is 5.09. The summed E-state index contributed by atoms with van der Waals surface area (Å²) in [7, 11) is 0.489. The van der Waals surface area contributed by atoms with Crippen molar-refractivity contribution in [3.63, 3.8) is 0 Å². The molecule has 2 unspecified atom stereocenters. The van der Waals surface area contributed by atoms with E-state index < -0.39 is 0 Å². The Morgan fingerprint density at radius 1 is 1.11 bits per heavy atom. The minimum absolute atomic E-state index is 0.489. The van der Waals surface area contributed by atoms with E-state index in [2.05, 4.69) is 50.2 Å². The van der Waals surface area contributed by atoms with Crippen LogP contribution in [0.25, 0.3) is 10.8 Å². The van der Waals surface area contributed by atoms with Crippen LogP contribution in [0.15, 0.2) is 41.3 Å². The minimum Gasteiger partial charge on any atom is -0.0652 e. The van der Waals surface area contributed by atoms with E-state index in [-0.39, 0.29) is 0 Å². The van der Waals surface area contributed by atoms with Crippen molar-refractivity contribution in [3.05, 3.63) is 42.0 Å². The summed E-state index contributed by atoms with van der Waals surface area (Å²) in [6.07, 6.45) is 5.61. The Bertz CT molecular complexity index is 573. The van der Waals surface area contributed by atoms with E-state index in [4.69, 9.17) is 0 Å². The molecule has 1 heterocycles. The van der Waals surface area contributed by atoms with Crippen LogP contribution >= 0.6 is 0 Å². The molecule has 1 aliphatic heterocycles. The number of fused-ring (bicyclic) bond motifs is 1. The second-order valence-corrected chi connectivity index (χ2v) is 7.98. The van der Waals surface area contributed by atoms with Gasteiger partial charge in [0, 0.05) is 16.3 Å². The van der Waals surface area contributed by atoms with E-state index in [1.165, 1.54) is 47.8 Å². The Kier molecular flexibility index (Phi) is 3.83. The molecule has 0 bridgehead atoms. The lowest BCUT2D eigenvalue weighted by molar-refractivity contribution is 0.699. The molecule has 0 saturated carbocycles. The fourth-order valence-electron chi connectivity index (χ4n) is 3.32. The molecule has 0 amide bonds. The van der Waals surface area contributed by atoms with Gasteiger partial charge < -0.3 is 0 Å². The summed E-state index contributed by atoms with van der Waals surface area (Å²) < 4.78 is 0. The zero-order chi connectivity index (χ0) is 13.2. The highest BCUT2D eigenvalue weighted by molar-refractivity contribution is 7.98. The normalized spacial score (nSPS) is 23.1. The molecule has 0 N–H and O–H groups in total. The Hall–Kier alpha value is -0.950. The van der Waals surface area contributed by atoms with Gasteiger partial charge in [-0.25, -0.2) is 0 Å². The number of hydrogen-bond donors (Lipinski definition) is 0. The molecule has 2 aromatic rings. The Balaban J connectivity index is 2.07. The van der Waals surface area contributed by atoms with Gasteiger partial charge in [0.15, 0.2) is 4.90 Å². The molecule has 0 spiro atoms. The Morgan fingerprint density at radius 2 is 1.89 bits per heavy atom. The van der Waals surface area contributed by atoms with Crippen molar-refractivity contribution in [1.29, 1.82) is 0 Å². The monoisotopic (exact) mass is 271 g/mol. The van der Waals surface area contributed by atoms with Crippen LogP contribution in [0.1, 0.15) is 38.2 Å². The van der Waals surface area contributed by atoms with Crippen molar-refractivity contribution in [2.24, 2.45) is 0 Å². The zero-order valence-electron chi connectivity index (χ0n) is 12.0. The summed E-state index contributed by atoms with van der Waals surface area (Å²) in [6.45, 7) is 4.56. The average Bonchev–Trinajstić information content (AvgIpc) is 2.88. The average molecular weight is 271 g/mol. The molecule has 0 nitrogen and oxygen atoms in total. The molecular weight excluding hydrogens is 248 g/mol. The van der Waals surface area contributed by atoms with Crippen LogP contribution < -0.4 is 0 Å². The summed E-state index contributed by atoms with van der Waals surface area (Å²) in [6, 6.07) is 13.7. The van der Waals surface area contributed by atoms with E-state index in [0.717, 1.165) is 5.25 Å². The van der Waals surface area contributed by atoms with Gasteiger partial charge in [-0.15, -0.1) is 0 Å². The van der Waals surface area contributed by atoms with Crippen LogP contribution in [0.5, 0.6) is 0 Å². The van der Waals surface area contributed by atoms with Gasteiger partial charge in [-0.1, -0.05) is 37.6 Å². The van der Waals surface area contributed by atoms with E-state index in [9.17, 15) is 0 Å². The van der Waals surface area contributed by atoms with E-state index in [1.807, 2.05) is 0 Å². The summed E-state index contributed by atoms with van der Waals surface area (Å²) in [5, 5.41) is 3.90. The molecule has 2 atom stereocenters. The van der Waals surface area contributed by atoms with E-state index >= 15 is 0 Å². The highest BCUT2D eigenvalue weighted by Gasteiger charge is 2.38. The second kappa shape index (κ2) is 5.58. The third kappa shape index (κ3) is 2.41. The van der Waals surface area contributed by atoms with Gasteiger partial charge in [0.25, 0.3) is 0 Å². The van der Waals surface area contributed by atoms with Crippen molar-refractivity contribution < 1.29 is 0 Å². The zero-order valence-corrected chi connectivity index (χ0v) is 12.8. The smallest absolute Gasteiger partial charge is 0.0652 e. The first kappa shape index (κ1) is 13.1. The molecule has 0 aliphatic carbocycles. The lowest BCUT2D eigenvalue weighted by atomic mass is 10.1. The molecule has 3 rings (SSSR count). The lowest BCUT2D eigenvalue weighted by Gasteiger charge is -2.13. The maximum Gasteiger partial charge on any atom is 0.162 e.